The molecule has 2 heterocycles. The second-order valence-corrected chi connectivity index (χ2v) is 8.55. The van der Waals surface area contributed by atoms with E-state index in [1.807, 2.05) is 6.07 Å². The van der Waals surface area contributed by atoms with Crippen LogP contribution in [0, 0.1) is 11.6 Å². The zero-order chi connectivity index (χ0) is 21.6. The van der Waals surface area contributed by atoms with Crippen LogP contribution in [0.3, 0.4) is 0 Å². The Morgan fingerprint density at radius 1 is 1.20 bits per heavy atom. The predicted octanol–water partition coefficient (Wildman–Crippen LogP) is 5.69. The molecule has 0 bridgehead atoms. The van der Waals surface area contributed by atoms with Crippen LogP contribution in [0.5, 0.6) is 5.75 Å². The van der Waals surface area contributed by atoms with Crippen molar-refractivity contribution in [3.05, 3.63) is 58.7 Å². The Kier molecular flexibility index (Phi) is 5.10. The van der Waals surface area contributed by atoms with Gasteiger partial charge in [-0.25, -0.2) is 13.6 Å². The summed E-state index contributed by atoms with van der Waals surface area (Å²) in [5, 5.41) is 0.547. The van der Waals surface area contributed by atoms with E-state index in [-0.39, 0.29) is 18.5 Å². The van der Waals surface area contributed by atoms with E-state index in [1.165, 1.54) is 12.1 Å². The average molecular weight is 435 g/mol. The van der Waals surface area contributed by atoms with Crippen LogP contribution in [-0.4, -0.2) is 34.3 Å². The zero-order valence-corrected chi connectivity index (χ0v) is 17.6. The van der Waals surface area contributed by atoms with Crippen molar-refractivity contribution in [2.45, 2.75) is 32.9 Å². The summed E-state index contributed by atoms with van der Waals surface area (Å²) in [6.45, 7) is 6.30. The SMILES string of the molecule is CC(C)(C)OC(=O)N1CCOc2c(Cl)cc(-n3ccc4c(F)c(F)ccc43)cc2C1. The number of carbonyl (C=O) groups excluding carboxylic acids is 1. The summed E-state index contributed by atoms with van der Waals surface area (Å²) in [5.74, 6) is -1.30. The number of rotatable bonds is 1. The fraction of sp³-hybridized carbons (Fsp3) is 0.318. The fourth-order valence-corrected chi connectivity index (χ4v) is 3.74. The molecule has 0 saturated carbocycles. The lowest BCUT2D eigenvalue weighted by molar-refractivity contribution is 0.0225. The molecule has 0 radical (unpaired) electrons. The molecular weight excluding hydrogens is 414 g/mol. The average Bonchev–Trinajstić information content (AvgIpc) is 2.96. The monoisotopic (exact) mass is 434 g/mol. The third-order valence-corrected chi connectivity index (χ3v) is 5.04. The van der Waals surface area contributed by atoms with Crippen LogP contribution in [0.4, 0.5) is 13.6 Å². The van der Waals surface area contributed by atoms with Crippen molar-refractivity contribution in [1.29, 1.82) is 0 Å². The molecule has 1 aromatic heterocycles. The Morgan fingerprint density at radius 2 is 1.97 bits per heavy atom. The summed E-state index contributed by atoms with van der Waals surface area (Å²) >= 11 is 6.47. The maximum atomic E-state index is 14.1. The van der Waals surface area contributed by atoms with Crippen LogP contribution < -0.4 is 4.74 Å². The summed E-state index contributed by atoms with van der Waals surface area (Å²) in [5.41, 5.74) is 1.24. The Morgan fingerprint density at radius 3 is 2.70 bits per heavy atom. The highest BCUT2D eigenvalue weighted by atomic mass is 35.5. The van der Waals surface area contributed by atoms with Crippen LogP contribution in [0.25, 0.3) is 16.6 Å². The van der Waals surface area contributed by atoms with Gasteiger partial charge in [0.15, 0.2) is 11.6 Å². The molecule has 5 nitrogen and oxygen atoms in total. The van der Waals surface area contributed by atoms with Gasteiger partial charge < -0.3 is 18.9 Å². The second kappa shape index (κ2) is 7.47. The first-order valence-electron chi connectivity index (χ1n) is 9.52. The number of nitrogens with zero attached hydrogens (tertiary/aromatic N) is 2. The molecule has 0 spiro atoms. The molecule has 0 aliphatic carbocycles. The second-order valence-electron chi connectivity index (χ2n) is 8.15. The van der Waals surface area contributed by atoms with Crippen molar-refractivity contribution < 1.29 is 23.0 Å². The van der Waals surface area contributed by atoms with Crippen molar-refractivity contribution in [3.63, 3.8) is 0 Å². The molecule has 8 heteroatoms. The van der Waals surface area contributed by atoms with Crippen LogP contribution in [0.1, 0.15) is 26.3 Å². The fourth-order valence-electron chi connectivity index (χ4n) is 3.46. The van der Waals surface area contributed by atoms with Gasteiger partial charge in [0.2, 0.25) is 0 Å². The topological polar surface area (TPSA) is 43.7 Å². The Bertz CT molecular complexity index is 1140. The smallest absolute Gasteiger partial charge is 0.410 e. The molecule has 0 saturated heterocycles. The van der Waals surface area contributed by atoms with Crippen molar-refractivity contribution >= 4 is 28.6 Å². The molecule has 2 aromatic carbocycles. The molecule has 158 valence electrons. The summed E-state index contributed by atoms with van der Waals surface area (Å²) in [6.07, 6.45) is 1.21. The van der Waals surface area contributed by atoms with Gasteiger partial charge in [0.05, 0.1) is 23.6 Å². The highest BCUT2D eigenvalue weighted by Gasteiger charge is 2.26. The molecule has 0 fully saturated rings. The van der Waals surface area contributed by atoms with Crippen LogP contribution >= 0.6 is 11.6 Å². The van der Waals surface area contributed by atoms with Gasteiger partial charge in [-0.1, -0.05) is 11.6 Å². The summed E-state index contributed by atoms with van der Waals surface area (Å²) in [6, 6.07) is 7.63. The first kappa shape index (κ1) is 20.5. The van der Waals surface area contributed by atoms with Crippen LogP contribution in [0.15, 0.2) is 36.5 Å². The lowest BCUT2D eigenvalue weighted by Gasteiger charge is -2.26. The number of hydrogen-bond acceptors (Lipinski definition) is 3. The number of aromatic nitrogens is 1. The first-order chi connectivity index (χ1) is 14.1. The minimum atomic E-state index is -0.901. The van der Waals surface area contributed by atoms with E-state index >= 15 is 0 Å². The van der Waals surface area contributed by atoms with Gasteiger partial charge in [0, 0.05) is 22.8 Å². The largest absolute Gasteiger partial charge is 0.490 e. The van der Waals surface area contributed by atoms with E-state index in [2.05, 4.69) is 0 Å². The van der Waals surface area contributed by atoms with Crippen LogP contribution in [-0.2, 0) is 11.3 Å². The van der Waals surface area contributed by atoms with Gasteiger partial charge in [-0.15, -0.1) is 0 Å². The molecule has 1 aliphatic rings. The number of ether oxygens (including phenoxy) is 2. The van der Waals surface area contributed by atoms with E-state index in [0.717, 1.165) is 6.07 Å². The molecule has 1 amide bonds. The van der Waals surface area contributed by atoms with E-state index in [1.54, 1.807) is 42.5 Å². The minimum Gasteiger partial charge on any atom is -0.490 e. The number of benzene rings is 2. The van der Waals surface area contributed by atoms with Gasteiger partial charge in [-0.3, -0.25) is 0 Å². The lowest BCUT2D eigenvalue weighted by Crippen LogP contribution is -2.37. The van der Waals surface area contributed by atoms with Gasteiger partial charge in [-0.05, 0) is 51.1 Å². The Balaban J connectivity index is 1.74. The lowest BCUT2D eigenvalue weighted by atomic mass is 10.1. The number of carbonyl (C=O) groups is 1. The molecule has 30 heavy (non-hydrogen) atoms. The normalized spacial score (nSPS) is 14.3. The van der Waals surface area contributed by atoms with Crippen molar-refractivity contribution in [2.75, 3.05) is 13.2 Å². The van der Waals surface area contributed by atoms with Crippen molar-refractivity contribution in [2.24, 2.45) is 0 Å². The third-order valence-electron chi connectivity index (χ3n) is 4.76. The first-order valence-corrected chi connectivity index (χ1v) is 9.90. The molecule has 0 unspecified atom stereocenters. The Hall–Kier alpha value is -2.80. The molecule has 3 aromatic rings. The predicted molar refractivity (Wildman–Crippen MR) is 110 cm³/mol. The highest BCUT2D eigenvalue weighted by molar-refractivity contribution is 6.32. The van der Waals surface area contributed by atoms with Crippen molar-refractivity contribution in [3.8, 4) is 11.4 Å². The molecule has 4 rings (SSSR count). The van der Waals surface area contributed by atoms with E-state index in [4.69, 9.17) is 21.1 Å². The summed E-state index contributed by atoms with van der Waals surface area (Å²) < 4.78 is 40.7. The minimum absolute atomic E-state index is 0.174. The van der Waals surface area contributed by atoms with Gasteiger partial charge in [0.1, 0.15) is 18.0 Å². The number of fused-ring (bicyclic) bond motifs is 2. The van der Waals surface area contributed by atoms with Gasteiger partial charge in [0.25, 0.3) is 0 Å². The molecular formula is C22H21ClF2N2O3. The molecule has 1 aliphatic heterocycles. The highest BCUT2D eigenvalue weighted by Crippen LogP contribution is 2.36. The van der Waals surface area contributed by atoms with Gasteiger partial charge >= 0.3 is 6.09 Å². The quantitative estimate of drug-likeness (QED) is 0.494. The van der Waals surface area contributed by atoms with E-state index in [0.29, 0.717) is 34.1 Å². The van der Waals surface area contributed by atoms with Crippen LogP contribution in [0.2, 0.25) is 5.02 Å². The molecule has 0 N–H and O–H groups in total. The summed E-state index contributed by atoms with van der Waals surface area (Å²) in [4.78, 5) is 14.1. The number of amides is 1. The van der Waals surface area contributed by atoms with Gasteiger partial charge in [-0.2, -0.15) is 0 Å². The maximum Gasteiger partial charge on any atom is 0.410 e. The van der Waals surface area contributed by atoms with Crippen molar-refractivity contribution in [1.82, 2.24) is 9.47 Å². The third kappa shape index (κ3) is 3.81. The summed E-state index contributed by atoms with van der Waals surface area (Å²) in [7, 11) is 0. The maximum absolute atomic E-state index is 14.1. The number of hydrogen-bond donors (Lipinski definition) is 0. The zero-order valence-electron chi connectivity index (χ0n) is 16.8. The van der Waals surface area contributed by atoms with E-state index < -0.39 is 23.3 Å². The standard InChI is InChI=1S/C22H21ClF2N2O3/c1-22(2,3)30-21(28)26-8-9-29-20-13(12-26)10-14(11-16(20)23)27-7-6-15-18(27)5-4-17(24)19(15)25/h4-7,10-11H,8-9,12H2,1-3H3. The number of halogens is 3. The Labute approximate surface area is 177 Å². The molecule has 0 atom stereocenters. The van der Waals surface area contributed by atoms with E-state index in [9.17, 15) is 13.6 Å².